The maximum absolute atomic E-state index is 5.46. The molecule has 0 aliphatic carbocycles. The highest BCUT2D eigenvalue weighted by Gasteiger charge is 2.28. The number of aryl methyl sites for hydroxylation is 1. The van der Waals surface area contributed by atoms with Gasteiger partial charge >= 0.3 is 0 Å². The second-order valence-corrected chi connectivity index (χ2v) is 6.92. The molecule has 1 aliphatic heterocycles. The van der Waals surface area contributed by atoms with Crippen LogP contribution in [0, 0.1) is 0 Å². The molecule has 5 heteroatoms. The molecule has 23 heavy (non-hydrogen) atoms. The van der Waals surface area contributed by atoms with Gasteiger partial charge in [0.1, 0.15) is 17.2 Å². The second-order valence-electron chi connectivity index (χ2n) is 6.07. The third-order valence-electron chi connectivity index (χ3n) is 4.38. The number of ether oxygens (including phenoxy) is 1. The van der Waals surface area contributed by atoms with Crippen LogP contribution in [-0.4, -0.2) is 23.7 Å². The smallest absolute Gasteiger partial charge is 0.137 e. The van der Waals surface area contributed by atoms with Crippen LogP contribution in [0.1, 0.15) is 49.2 Å². The molecular formula is C18H23BrN2O2. The summed E-state index contributed by atoms with van der Waals surface area (Å²) in [6, 6.07) is 8.78. The summed E-state index contributed by atoms with van der Waals surface area (Å²) in [6.45, 7) is 4.18. The Labute approximate surface area is 145 Å². The van der Waals surface area contributed by atoms with E-state index in [9.17, 15) is 0 Å². The number of hydrogen-bond acceptors (Lipinski definition) is 4. The number of halogens is 1. The SMILES string of the molecule is CCCc1cc(C2CCCN2Cc2ccc(OC)c(Br)c2)no1. The minimum absolute atomic E-state index is 0.366. The van der Waals surface area contributed by atoms with Gasteiger partial charge in [-0.25, -0.2) is 0 Å². The standard InChI is InChI=1S/C18H23BrN2O2/c1-3-5-14-11-16(20-23-14)17-6-4-9-21(17)12-13-7-8-18(22-2)15(19)10-13/h7-8,10-11,17H,3-6,9,12H2,1-2H3. The average Bonchev–Trinajstić information content (AvgIpc) is 3.17. The van der Waals surface area contributed by atoms with E-state index < -0.39 is 0 Å². The van der Waals surface area contributed by atoms with Crippen LogP contribution in [0.4, 0.5) is 0 Å². The fraction of sp³-hybridized carbons (Fsp3) is 0.500. The zero-order valence-corrected chi connectivity index (χ0v) is 15.3. The van der Waals surface area contributed by atoms with E-state index in [-0.39, 0.29) is 0 Å². The summed E-state index contributed by atoms with van der Waals surface area (Å²) in [4.78, 5) is 2.49. The Kier molecular flexibility index (Phi) is 5.38. The fourth-order valence-electron chi connectivity index (χ4n) is 3.24. The van der Waals surface area contributed by atoms with Crippen LogP contribution >= 0.6 is 15.9 Å². The molecule has 3 rings (SSSR count). The Bertz CT molecular complexity index is 656. The van der Waals surface area contributed by atoms with E-state index in [0.29, 0.717) is 6.04 Å². The highest BCUT2D eigenvalue weighted by molar-refractivity contribution is 9.10. The van der Waals surface area contributed by atoms with Crippen molar-refractivity contribution >= 4 is 15.9 Å². The normalized spacial score (nSPS) is 18.5. The van der Waals surface area contributed by atoms with Gasteiger partial charge in [0, 0.05) is 19.0 Å². The van der Waals surface area contributed by atoms with Crippen molar-refractivity contribution in [2.24, 2.45) is 0 Å². The molecule has 1 atom stereocenters. The minimum atomic E-state index is 0.366. The number of rotatable bonds is 6. The topological polar surface area (TPSA) is 38.5 Å². The van der Waals surface area contributed by atoms with E-state index in [0.717, 1.165) is 54.0 Å². The van der Waals surface area contributed by atoms with Crippen LogP contribution in [0.15, 0.2) is 33.3 Å². The molecular weight excluding hydrogens is 356 g/mol. The summed E-state index contributed by atoms with van der Waals surface area (Å²) in [7, 11) is 1.69. The second kappa shape index (κ2) is 7.49. The first kappa shape index (κ1) is 16.5. The predicted molar refractivity (Wildman–Crippen MR) is 93.6 cm³/mol. The third kappa shape index (κ3) is 3.78. The molecule has 1 aromatic carbocycles. The lowest BCUT2D eigenvalue weighted by Gasteiger charge is -2.23. The first-order chi connectivity index (χ1) is 11.2. The van der Waals surface area contributed by atoms with Gasteiger partial charge in [-0.15, -0.1) is 0 Å². The summed E-state index contributed by atoms with van der Waals surface area (Å²) < 4.78 is 11.8. The van der Waals surface area contributed by atoms with Crippen LogP contribution in [0.3, 0.4) is 0 Å². The van der Waals surface area contributed by atoms with Crippen molar-refractivity contribution in [3.05, 3.63) is 45.8 Å². The van der Waals surface area contributed by atoms with Crippen molar-refractivity contribution in [3.63, 3.8) is 0 Å². The van der Waals surface area contributed by atoms with Gasteiger partial charge in [-0.1, -0.05) is 18.1 Å². The maximum atomic E-state index is 5.46. The van der Waals surface area contributed by atoms with Crippen LogP contribution < -0.4 is 4.74 Å². The first-order valence-electron chi connectivity index (χ1n) is 8.23. The monoisotopic (exact) mass is 378 g/mol. The molecule has 1 unspecified atom stereocenters. The molecule has 0 saturated carbocycles. The van der Waals surface area contributed by atoms with E-state index >= 15 is 0 Å². The maximum Gasteiger partial charge on any atom is 0.137 e. The lowest BCUT2D eigenvalue weighted by molar-refractivity contribution is 0.236. The number of aromatic nitrogens is 1. The number of nitrogens with zero attached hydrogens (tertiary/aromatic N) is 2. The Morgan fingerprint density at radius 1 is 1.39 bits per heavy atom. The fourth-order valence-corrected chi connectivity index (χ4v) is 3.83. The van der Waals surface area contributed by atoms with Crippen molar-refractivity contribution in [2.45, 2.75) is 45.2 Å². The number of methoxy groups -OCH3 is 1. The van der Waals surface area contributed by atoms with Gasteiger partial charge in [-0.05, 0) is 59.4 Å². The molecule has 1 saturated heterocycles. The molecule has 1 aliphatic rings. The number of benzene rings is 1. The Balaban J connectivity index is 1.72. The molecule has 1 aromatic heterocycles. The van der Waals surface area contributed by atoms with Crippen LogP contribution in [0.25, 0.3) is 0 Å². The van der Waals surface area contributed by atoms with Gasteiger partial charge in [0.2, 0.25) is 0 Å². The van der Waals surface area contributed by atoms with Gasteiger partial charge in [0.15, 0.2) is 0 Å². The summed E-state index contributed by atoms with van der Waals surface area (Å²) in [6.07, 6.45) is 4.40. The van der Waals surface area contributed by atoms with Crippen LogP contribution in [0.2, 0.25) is 0 Å². The van der Waals surface area contributed by atoms with Gasteiger partial charge in [-0.3, -0.25) is 4.90 Å². The van der Waals surface area contributed by atoms with Crippen molar-refractivity contribution in [2.75, 3.05) is 13.7 Å². The van der Waals surface area contributed by atoms with Gasteiger partial charge in [0.25, 0.3) is 0 Å². The van der Waals surface area contributed by atoms with Crippen molar-refractivity contribution in [1.29, 1.82) is 0 Å². The number of hydrogen-bond donors (Lipinski definition) is 0. The molecule has 0 amide bonds. The van der Waals surface area contributed by atoms with Gasteiger partial charge in [0.05, 0.1) is 17.6 Å². The predicted octanol–water partition coefficient (Wildman–Crippen LogP) is 4.74. The Morgan fingerprint density at radius 2 is 2.26 bits per heavy atom. The molecule has 0 radical (unpaired) electrons. The molecule has 0 spiro atoms. The molecule has 1 fully saturated rings. The zero-order chi connectivity index (χ0) is 16.2. The average molecular weight is 379 g/mol. The van der Waals surface area contributed by atoms with Crippen LogP contribution in [0.5, 0.6) is 5.75 Å². The number of likely N-dealkylation sites (tertiary alicyclic amines) is 1. The molecule has 2 aromatic rings. The Morgan fingerprint density at radius 3 is 3.00 bits per heavy atom. The van der Waals surface area contributed by atoms with E-state index in [1.54, 1.807) is 7.11 Å². The summed E-state index contributed by atoms with van der Waals surface area (Å²) >= 11 is 3.57. The van der Waals surface area contributed by atoms with Gasteiger partial charge in [-0.2, -0.15) is 0 Å². The molecule has 124 valence electrons. The summed E-state index contributed by atoms with van der Waals surface area (Å²) in [5.74, 6) is 1.87. The lowest BCUT2D eigenvalue weighted by Crippen LogP contribution is -2.23. The third-order valence-corrected chi connectivity index (χ3v) is 5.00. The van der Waals surface area contributed by atoms with Crippen molar-refractivity contribution in [3.8, 4) is 5.75 Å². The summed E-state index contributed by atoms with van der Waals surface area (Å²) in [5, 5.41) is 4.31. The van der Waals surface area contributed by atoms with E-state index in [1.165, 1.54) is 12.0 Å². The Hall–Kier alpha value is -1.33. The molecule has 0 N–H and O–H groups in total. The van der Waals surface area contributed by atoms with Crippen LogP contribution in [-0.2, 0) is 13.0 Å². The largest absolute Gasteiger partial charge is 0.496 e. The van der Waals surface area contributed by atoms with Gasteiger partial charge < -0.3 is 9.26 Å². The molecule has 0 bridgehead atoms. The minimum Gasteiger partial charge on any atom is -0.496 e. The first-order valence-corrected chi connectivity index (χ1v) is 9.02. The molecule has 2 heterocycles. The van der Waals surface area contributed by atoms with Crippen molar-refractivity contribution in [1.82, 2.24) is 10.1 Å². The van der Waals surface area contributed by atoms with E-state index in [4.69, 9.17) is 9.26 Å². The summed E-state index contributed by atoms with van der Waals surface area (Å²) in [5.41, 5.74) is 2.36. The lowest BCUT2D eigenvalue weighted by atomic mass is 10.1. The van der Waals surface area contributed by atoms with E-state index in [2.05, 4.69) is 51.1 Å². The quantitative estimate of drug-likeness (QED) is 0.727. The van der Waals surface area contributed by atoms with E-state index in [1.807, 2.05) is 6.07 Å². The highest BCUT2D eigenvalue weighted by atomic mass is 79.9. The zero-order valence-electron chi connectivity index (χ0n) is 13.7. The highest BCUT2D eigenvalue weighted by Crippen LogP contribution is 2.34. The molecule has 4 nitrogen and oxygen atoms in total. The van der Waals surface area contributed by atoms with Crippen molar-refractivity contribution < 1.29 is 9.26 Å².